The van der Waals surface area contributed by atoms with Crippen LogP contribution in [0.15, 0.2) is 41.9 Å². The van der Waals surface area contributed by atoms with Crippen molar-refractivity contribution in [3.05, 3.63) is 47.4 Å². The summed E-state index contributed by atoms with van der Waals surface area (Å²) >= 11 is 0. The lowest BCUT2D eigenvalue weighted by Gasteiger charge is -2.26. The molecule has 140 valence electrons. The molecule has 0 saturated heterocycles. The van der Waals surface area contributed by atoms with Crippen LogP contribution >= 0.6 is 0 Å². The van der Waals surface area contributed by atoms with Crippen LogP contribution in [0.1, 0.15) is 24.2 Å². The fraction of sp³-hybridized carbons (Fsp3) is 0.278. The van der Waals surface area contributed by atoms with Crippen LogP contribution in [-0.2, 0) is 14.3 Å². The van der Waals surface area contributed by atoms with E-state index >= 15 is 0 Å². The van der Waals surface area contributed by atoms with Gasteiger partial charge in [-0.05, 0) is 32.0 Å². The first-order valence-corrected chi connectivity index (χ1v) is 8.35. The molecule has 0 saturated carbocycles. The van der Waals surface area contributed by atoms with Gasteiger partial charge in [0.15, 0.2) is 0 Å². The van der Waals surface area contributed by atoms with Crippen LogP contribution < -0.4 is 10.6 Å². The lowest BCUT2D eigenvalue weighted by atomic mass is 10.0. The molecule has 1 aromatic carbocycles. The van der Waals surface area contributed by atoms with Crippen molar-refractivity contribution in [1.82, 2.24) is 20.6 Å². The number of amides is 2. The molecule has 0 bridgehead atoms. The van der Waals surface area contributed by atoms with E-state index in [2.05, 4.69) is 20.6 Å². The van der Waals surface area contributed by atoms with Crippen molar-refractivity contribution >= 4 is 29.0 Å². The van der Waals surface area contributed by atoms with Crippen LogP contribution in [-0.4, -0.2) is 47.2 Å². The smallest absolute Gasteiger partial charge is 0.338 e. The van der Waals surface area contributed by atoms with E-state index in [1.807, 2.05) is 0 Å². The molecule has 0 radical (unpaired) electrons. The molecule has 9 nitrogen and oxygen atoms in total. The predicted molar refractivity (Wildman–Crippen MR) is 94.6 cm³/mol. The van der Waals surface area contributed by atoms with Gasteiger partial charge in [0.25, 0.3) is 0 Å². The molecule has 1 atom stereocenters. The number of carbonyl (C=O) groups is 3. The van der Waals surface area contributed by atoms with E-state index in [1.54, 1.807) is 38.2 Å². The Balaban J connectivity index is 1.79. The molecule has 27 heavy (non-hydrogen) atoms. The van der Waals surface area contributed by atoms with Gasteiger partial charge in [-0.25, -0.2) is 14.4 Å². The molecule has 3 rings (SSSR count). The topological polar surface area (TPSA) is 120 Å². The molecule has 2 N–H and O–H groups in total. The van der Waals surface area contributed by atoms with Gasteiger partial charge in [-0.3, -0.25) is 9.97 Å². The van der Waals surface area contributed by atoms with Crippen molar-refractivity contribution in [2.24, 2.45) is 0 Å². The summed E-state index contributed by atoms with van der Waals surface area (Å²) in [5.74, 6) is -1.19. The van der Waals surface area contributed by atoms with Crippen molar-refractivity contribution in [1.29, 1.82) is 0 Å². The summed E-state index contributed by atoms with van der Waals surface area (Å²) in [6.07, 6.45) is 3.09. The minimum Gasteiger partial charge on any atom is -0.463 e. The van der Waals surface area contributed by atoms with E-state index in [1.165, 1.54) is 6.20 Å². The number of ether oxygens (including phenoxy) is 2. The molecule has 1 aliphatic heterocycles. The Morgan fingerprint density at radius 3 is 2.59 bits per heavy atom. The second-order valence-electron chi connectivity index (χ2n) is 5.77. The number of nitrogens with one attached hydrogen (secondary N) is 2. The fourth-order valence-electron chi connectivity index (χ4n) is 2.70. The largest absolute Gasteiger partial charge is 0.463 e. The van der Waals surface area contributed by atoms with E-state index in [4.69, 9.17) is 9.47 Å². The number of carbonyl (C=O) groups excluding carboxylic acids is 3. The quantitative estimate of drug-likeness (QED) is 0.761. The Hall–Kier alpha value is -3.49. The van der Waals surface area contributed by atoms with Gasteiger partial charge < -0.3 is 20.1 Å². The van der Waals surface area contributed by atoms with Gasteiger partial charge in [0.2, 0.25) is 0 Å². The number of aromatic nitrogens is 2. The molecule has 1 unspecified atom stereocenters. The third-order valence-electron chi connectivity index (χ3n) is 3.92. The first-order chi connectivity index (χ1) is 13.0. The Labute approximate surface area is 154 Å². The SMILES string of the molecule is CCOC(=O)C1=C(COC(=O)c2ccc3nccnc3c2)NC(=O)NC1C. The van der Waals surface area contributed by atoms with Crippen LogP contribution in [0, 0.1) is 0 Å². The highest BCUT2D eigenvalue weighted by molar-refractivity contribution is 5.96. The van der Waals surface area contributed by atoms with Crippen LogP contribution in [0.4, 0.5) is 4.79 Å². The van der Waals surface area contributed by atoms with Crippen LogP contribution in [0.25, 0.3) is 11.0 Å². The van der Waals surface area contributed by atoms with E-state index in [-0.39, 0.29) is 30.0 Å². The van der Waals surface area contributed by atoms with Gasteiger partial charge in [0.1, 0.15) is 6.61 Å². The minimum atomic E-state index is -0.612. The second kappa shape index (κ2) is 7.81. The fourth-order valence-corrected chi connectivity index (χ4v) is 2.70. The van der Waals surface area contributed by atoms with E-state index in [9.17, 15) is 14.4 Å². The summed E-state index contributed by atoms with van der Waals surface area (Å²) in [5.41, 5.74) is 1.91. The molecule has 2 amide bonds. The lowest BCUT2D eigenvalue weighted by Crippen LogP contribution is -2.50. The summed E-state index contributed by atoms with van der Waals surface area (Å²) in [7, 11) is 0. The molecular formula is C18H18N4O5. The van der Waals surface area contributed by atoms with Crippen LogP contribution in [0.2, 0.25) is 0 Å². The van der Waals surface area contributed by atoms with Crippen molar-refractivity contribution in [3.8, 4) is 0 Å². The van der Waals surface area contributed by atoms with E-state index in [0.29, 0.717) is 11.0 Å². The Bertz CT molecular complexity index is 940. The number of nitrogens with zero attached hydrogens (tertiary/aromatic N) is 2. The molecule has 0 aliphatic carbocycles. The summed E-state index contributed by atoms with van der Waals surface area (Å²) in [4.78, 5) is 44.5. The summed E-state index contributed by atoms with van der Waals surface area (Å²) in [6, 6.07) is 3.75. The van der Waals surface area contributed by atoms with Gasteiger partial charge in [-0.2, -0.15) is 0 Å². The standard InChI is InChI=1S/C18H18N4O5/c1-3-26-17(24)15-10(2)21-18(25)22-14(15)9-27-16(23)11-4-5-12-13(8-11)20-7-6-19-12/h4-8,10H,3,9H2,1-2H3,(H2,21,22,25). The normalized spacial score (nSPS) is 16.5. The van der Waals surface area contributed by atoms with Crippen molar-refractivity contribution in [2.75, 3.05) is 13.2 Å². The summed E-state index contributed by atoms with van der Waals surface area (Å²) < 4.78 is 10.3. The summed E-state index contributed by atoms with van der Waals surface area (Å²) in [5, 5.41) is 5.08. The highest BCUT2D eigenvalue weighted by atomic mass is 16.5. The number of hydrogen-bond donors (Lipinski definition) is 2. The predicted octanol–water partition coefficient (Wildman–Crippen LogP) is 1.31. The van der Waals surface area contributed by atoms with E-state index < -0.39 is 24.0 Å². The maximum Gasteiger partial charge on any atom is 0.338 e. The van der Waals surface area contributed by atoms with E-state index in [0.717, 1.165) is 0 Å². The molecule has 2 aromatic rings. The maximum absolute atomic E-state index is 12.4. The zero-order valence-electron chi connectivity index (χ0n) is 14.8. The number of rotatable bonds is 5. The highest BCUT2D eigenvalue weighted by Crippen LogP contribution is 2.16. The van der Waals surface area contributed by atoms with Gasteiger partial charge in [-0.1, -0.05) is 0 Å². The Morgan fingerprint density at radius 1 is 1.11 bits per heavy atom. The molecule has 0 spiro atoms. The number of benzene rings is 1. The maximum atomic E-state index is 12.4. The zero-order chi connectivity index (χ0) is 19.4. The van der Waals surface area contributed by atoms with Gasteiger partial charge in [-0.15, -0.1) is 0 Å². The molecule has 1 aliphatic rings. The molecule has 1 aromatic heterocycles. The van der Waals surface area contributed by atoms with Crippen LogP contribution in [0.5, 0.6) is 0 Å². The number of hydrogen-bond acceptors (Lipinski definition) is 7. The average Bonchev–Trinajstić information content (AvgIpc) is 2.65. The molecular weight excluding hydrogens is 352 g/mol. The lowest BCUT2D eigenvalue weighted by molar-refractivity contribution is -0.139. The monoisotopic (exact) mass is 370 g/mol. The number of fused-ring (bicyclic) bond motifs is 1. The van der Waals surface area contributed by atoms with Gasteiger partial charge >= 0.3 is 18.0 Å². The van der Waals surface area contributed by atoms with Crippen molar-refractivity contribution < 1.29 is 23.9 Å². The Kier molecular flexibility index (Phi) is 5.30. The minimum absolute atomic E-state index is 0.189. The molecule has 0 fully saturated rings. The zero-order valence-corrected chi connectivity index (χ0v) is 14.8. The van der Waals surface area contributed by atoms with Gasteiger partial charge in [0, 0.05) is 12.4 Å². The van der Waals surface area contributed by atoms with Gasteiger partial charge in [0.05, 0.1) is 40.5 Å². The van der Waals surface area contributed by atoms with Crippen LogP contribution in [0.3, 0.4) is 0 Å². The number of urea groups is 1. The molecule has 9 heteroatoms. The third kappa shape index (κ3) is 4.02. The van der Waals surface area contributed by atoms with Crippen molar-refractivity contribution in [2.45, 2.75) is 19.9 Å². The van der Waals surface area contributed by atoms with Crippen molar-refractivity contribution in [3.63, 3.8) is 0 Å². The second-order valence-corrected chi connectivity index (χ2v) is 5.77. The first kappa shape index (κ1) is 18.3. The summed E-state index contributed by atoms with van der Waals surface area (Å²) in [6.45, 7) is 3.24. The Morgan fingerprint density at radius 2 is 1.85 bits per heavy atom. The highest BCUT2D eigenvalue weighted by Gasteiger charge is 2.30. The molecule has 2 heterocycles. The first-order valence-electron chi connectivity index (χ1n) is 8.35. The number of esters is 2. The third-order valence-corrected chi connectivity index (χ3v) is 3.92. The average molecular weight is 370 g/mol.